The van der Waals surface area contributed by atoms with Gasteiger partial charge in [-0.25, -0.2) is 4.98 Å². The van der Waals surface area contributed by atoms with Crippen molar-refractivity contribution in [3.63, 3.8) is 0 Å². The van der Waals surface area contributed by atoms with Crippen LogP contribution in [-0.4, -0.2) is 43.9 Å². The summed E-state index contributed by atoms with van der Waals surface area (Å²) in [5.74, 6) is -0.193. The molecular formula is C9H13Cl2N3O4. The molecule has 0 saturated carbocycles. The molecule has 1 aromatic rings. The second-order valence-electron chi connectivity index (χ2n) is 3.75. The molecule has 0 aliphatic carbocycles. The summed E-state index contributed by atoms with van der Waals surface area (Å²) in [6, 6.07) is 0. The standard InChI is InChI=1S/C8H11Cl2N3O2.CH2O2/c1-8(2,3-14)13-6-4(15)5(9)11-7(10)12-6;2-1-3/h14-15H,3H2,1-2H3,(H,11,12,13);1H,(H,2,3). The maximum absolute atomic E-state index is 9.52. The SMILES string of the molecule is CC(C)(CO)Nc1nc(Cl)nc(Cl)c1O.O=CO. The molecule has 0 aromatic carbocycles. The average Bonchev–Trinajstić information content (AvgIpc) is 2.26. The van der Waals surface area contributed by atoms with Crippen molar-refractivity contribution >= 4 is 35.5 Å². The number of hydrogen-bond acceptors (Lipinski definition) is 6. The maximum atomic E-state index is 9.52. The summed E-state index contributed by atoms with van der Waals surface area (Å²) in [4.78, 5) is 15.7. The molecule has 0 aliphatic rings. The van der Waals surface area contributed by atoms with E-state index in [2.05, 4.69) is 15.3 Å². The molecule has 0 radical (unpaired) electrons. The van der Waals surface area contributed by atoms with Gasteiger partial charge in [0.1, 0.15) is 0 Å². The number of anilines is 1. The van der Waals surface area contributed by atoms with Crippen LogP contribution in [0.25, 0.3) is 0 Å². The molecule has 18 heavy (non-hydrogen) atoms. The van der Waals surface area contributed by atoms with Crippen LogP contribution in [-0.2, 0) is 4.79 Å². The zero-order valence-electron chi connectivity index (χ0n) is 9.68. The quantitative estimate of drug-likeness (QED) is 0.378. The van der Waals surface area contributed by atoms with Gasteiger partial charge in [-0.3, -0.25) is 4.79 Å². The zero-order chi connectivity index (χ0) is 14.3. The Morgan fingerprint density at radius 2 is 1.89 bits per heavy atom. The maximum Gasteiger partial charge on any atom is 0.290 e. The first-order valence-electron chi connectivity index (χ1n) is 4.66. The van der Waals surface area contributed by atoms with E-state index in [0.717, 1.165) is 0 Å². The normalized spacial score (nSPS) is 10.3. The molecule has 0 fully saturated rings. The van der Waals surface area contributed by atoms with Crippen LogP contribution in [0.4, 0.5) is 5.82 Å². The Hall–Kier alpha value is -1.31. The van der Waals surface area contributed by atoms with Crippen LogP contribution in [0.15, 0.2) is 0 Å². The van der Waals surface area contributed by atoms with Crippen molar-refractivity contribution in [3.8, 4) is 5.75 Å². The van der Waals surface area contributed by atoms with Gasteiger partial charge in [0, 0.05) is 0 Å². The lowest BCUT2D eigenvalue weighted by molar-refractivity contribution is -0.122. The second kappa shape index (κ2) is 7.20. The minimum atomic E-state index is -0.640. The van der Waals surface area contributed by atoms with E-state index in [1.165, 1.54) is 0 Å². The Morgan fingerprint density at radius 1 is 1.39 bits per heavy atom. The molecule has 4 N–H and O–H groups in total. The third kappa shape index (κ3) is 5.35. The van der Waals surface area contributed by atoms with Crippen molar-refractivity contribution in [1.82, 2.24) is 9.97 Å². The van der Waals surface area contributed by atoms with Crippen LogP contribution in [0.5, 0.6) is 5.75 Å². The number of aromatic hydroxyl groups is 1. The van der Waals surface area contributed by atoms with Crippen LogP contribution in [0.3, 0.4) is 0 Å². The molecule has 1 heterocycles. The number of carbonyl (C=O) groups is 1. The highest BCUT2D eigenvalue weighted by atomic mass is 35.5. The van der Waals surface area contributed by atoms with Crippen LogP contribution in [0.1, 0.15) is 13.8 Å². The zero-order valence-corrected chi connectivity index (χ0v) is 11.2. The molecule has 7 nitrogen and oxygen atoms in total. The van der Waals surface area contributed by atoms with Crippen molar-refractivity contribution in [2.24, 2.45) is 0 Å². The van der Waals surface area contributed by atoms with Crippen molar-refractivity contribution in [2.75, 3.05) is 11.9 Å². The van der Waals surface area contributed by atoms with Gasteiger partial charge in [-0.15, -0.1) is 0 Å². The number of halogens is 2. The van der Waals surface area contributed by atoms with Crippen LogP contribution in [0.2, 0.25) is 10.4 Å². The largest absolute Gasteiger partial charge is 0.502 e. The fraction of sp³-hybridized carbons (Fsp3) is 0.444. The fourth-order valence-electron chi connectivity index (χ4n) is 0.849. The highest BCUT2D eigenvalue weighted by Crippen LogP contribution is 2.31. The summed E-state index contributed by atoms with van der Waals surface area (Å²) in [5.41, 5.74) is -0.640. The van der Waals surface area contributed by atoms with Gasteiger partial charge >= 0.3 is 0 Å². The van der Waals surface area contributed by atoms with Gasteiger partial charge in [-0.05, 0) is 25.4 Å². The summed E-state index contributed by atoms with van der Waals surface area (Å²) >= 11 is 11.2. The van der Waals surface area contributed by atoms with E-state index in [4.69, 9.17) is 38.2 Å². The topological polar surface area (TPSA) is 116 Å². The molecule has 0 amide bonds. The predicted octanol–water partition coefficient (Wildman–Crippen LogP) is 1.37. The van der Waals surface area contributed by atoms with Gasteiger partial charge in [0.05, 0.1) is 12.1 Å². The third-order valence-corrected chi connectivity index (χ3v) is 2.10. The Labute approximate surface area is 113 Å². The Balaban J connectivity index is 0.000000873. The molecule has 0 saturated heterocycles. The van der Waals surface area contributed by atoms with Gasteiger partial charge < -0.3 is 20.6 Å². The summed E-state index contributed by atoms with van der Waals surface area (Å²) in [6.45, 7) is 3.08. The lowest BCUT2D eigenvalue weighted by Crippen LogP contribution is -2.35. The molecular weight excluding hydrogens is 285 g/mol. The predicted molar refractivity (Wildman–Crippen MR) is 67.2 cm³/mol. The molecule has 9 heteroatoms. The van der Waals surface area contributed by atoms with Crippen molar-refractivity contribution < 1.29 is 20.1 Å². The van der Waals surface area contributed by atoms with E-state index in [1.54, 1.807) is 13.8 Å². The van der Waals surface area contributed by atoms with E-state index in [9.17, 15) is 5.11 Å². The minimum Gasteiger partial charge on any atom is -0.502 e. The van der Waals surface area contributed by atoms with E-state index >= 15 is 0 Å². The fourth-order valence-corrected chi connectivity index (χ4v) is 1.23. The highest BCUT2D eigenvalue weighted by molar-refractivity contribution is 6.33. The molecule has 1 aromatic heterocycles. The van der Waals surface area contributed by atoms with Crippen molar-refractivity contribution in [1.29, 1.82) is 0 Å². The minimum absolute atomic E-state index is 0.0750. The summed E-state index contributed by atoms with van der Waals surface area (Å²) < 4.78 is 0. The van der Waals surface area contributed by atoms with E-state index in [1.807, 2.05) is 0 Å². The van der Waals surface area contributed by atoms with Gasteiger partial charge in [0.15, 0.2) is 16.7 Å². The lowest BCUT2D eigenvalue weighted by atomic mass is 10.1. The number of rotatable bonds is 3. The number of carboxylic acid groups (broad SMARTS) is 1. The average molecular weight is 298 g/mol. The monoisotopic (exact) mass is 297 g/mol. The van der Waals surface area contributed by atoms with E-state index < -0.39 is 5.54 Å². The smallest absolute Gasteiger partial charge is 0.290 e. The molecule has 1 rings (SSSR count). The molecule has 0 unspecified atom stereocenters. The Bertz CT molecular complexity index is 415. The molecule has 0 atom stereocenters. The number of aromatic nitrogens is 2. The number of nitrogens with zero attached hydrogens (tertiary/aromatic N) is 2. The molecule has 0 spiro atoms. The van der Waals surface area contributed by atoms with Crippen LogP contribution < -0.4 is 5.32 Å². The first kappa shape index (κ1) is 16.7. The van der Waals surface area contributed by atoms with Crippen LogP contribution in [0, 0.1) is 0 Å². The van der Waals surface area contributed by atoms with E-state index in [-0.39, 0.29) is 35.1 Å². The highest BCUT2D eigenvalue weighted by Gasteiger charge is 2.20. The van der Waals surface area contributed by atoms with Crippen molar-refractivity contribution in [2.45, 2.75) is 19.4 Å². The number of nitrogens with one attached hydrogen (secondary N) is 1. The molecule has 0 bridgehead atoms. The first-order chi connectivity index (χ1) is 8.27. The van der Waals surface area contributed by atoms with Crippen LogP contribution >= 0.6 is 23.2 Å². The summed E-state index contributed by atoms with van der Waals surface area (Å²) in [6.07, 6.45) is 0. The Morgan fingerprint density at radius 3 is 2.33 bits per heavy atom. The summed E-state index contributed by atoms with van der Waals surface area (Å²) in [7, 11) is 0. The third-order valence-electron chi connectivity index (χ3n) is 1.67. The number of aliphatic hydroxyl groups excluding tert-OH is 1. The van der Waals surface area contributed by atoms with Gasteiger partial charge in [0.2, 0.25) is 5.28 Å². The summed E-state index contributed by atoms with van der Waals surface area (Å²) in [5, 5.41) is 28.0. The molecule has 102 valence electrons. The second-order valence-corrected chi connectivity index (χ2v) is 4.45. The molecule has 0 aliphatic heterocycles. The number of hydrogen-bond donors (Lipinski definition) is 4. The van der Waals surface area contributed by atoms with Crippen molar-refractivity contribution in [3.05, 3.63) is 10.4 Å². The number of aliphatic hydroxyl groups is 1. The van der Waals surface area contributed by atoms with Gasteiger partial charge in [-0.2, -0.15) is 4.98 Å². The first-order valence-corrected chi connectivity index (χ1v) is 5.42. The van der Waals surface area contributed by atoms with E-state index in [0.29, 0.717) is 0 Å². The van der Waals surface area contributed by atoms with Gasteiger partial charge in [-0.1, -0.05) is 11.6 Å². The van der Waals surface area contributed by atoms with Gasteiger partial charge in [0.25, 0.3) is 6.47 Å². The Kier molecular flexibility index (Phi) is 6.67. The lowest BCUT2D eigenvalue weighted by Gasteiger charge is -2.24.